The quantitative estimate of drug-likeness (QED) is 0.840. The highest BCUT2D eigenvalue weighted by Gasteiger charge is 2.13. The van der Waals surface area contributed by atoms with Crippen molar-refractivity contribution in [2.75, 3.05) is 16.6 Å². The first-order chi connectivity index (χ1) is 8.83. The second kappa shape index (κ2) is 5.16. The highest BCUT2D eigenvalue weighted by Crippen LogP contribution is 2.31. The Kier molecular flexibility index (Phi) is 3.38. The Hall–Kier alpha value is -1.27. The monoisotopic (exact) mass is 281 g/mol. The molecule has 0 unspecified atom stereocenters. The van der Waals surface area contributed by atoms with Crippen molar-refractivity contribution in [1.82, 2.24) is 4.98 Å². The Bertz CT molecular complexity index is 543. The van der Waals surface area contributed by atoms with Gasteiger partial charge in [0.1, 0.15) is 5.82 Å². The molecule has 0 saturated carbocycles. The van der Waals surface area contributed by atoms with E-state index in [0.29, 0.717) is 4.90 Å². The van der Waals surface area contributed by atoms with E-state index in [9.17, 15) is 4.39 Å². The molecule has 94 valence electrons. The van der Waals surface area contributed by atoms with Crippen molar-refractivity contribution >= 4 is 34.1 Å². The van der Waals surface area contributed by atoms with Gasteiger partial charge >= 0.3 is 0 Å². The van der Waals surface area contributed by atoms with E-state index in [4.69, 9.17) is 0 Å². The average Bonchev–Trinajstić information content (AvgIpc) is 2.89. The van der Waals surface area contributed by atoms with Crippen LogP contribution in [0.2, 0.25) is 0 Å². The molecular weight excluding hydrogens is 269 g/mol. The summed E-state index contributed by atoms with van der Waals surface area (Å²) < 4.78 is 16.9. The molecule has 2 heterocycles. The van der Waals surface area contributed by atoms with Crippen molar-refractivity contribution in [1.29, 1.82) is 0 Å². The fourth-order valence-electron chi connectivity index (χ4n) is 1.92. The third-order valence-electron chi connectivity index (χ3n) is 2.78. The second-order valence-electron chi connectivity index (χ2n) is 4.01. The summed E-state index contributed by atoms with van der Waals surface area (Å²) in [4.78, 5) is 4.72. The molecule has 0 amide bonds. The minimum Gasteiger partial charge on any atom is -0.385 e. The standard InChI is InChI=1S/C12H12FN3S2/c13-9-7-10-8(2-1-3-14-10)6-11(9)18-16-12-15-4-5-17-12/h4-7,14H,1-3H2,(H,15,16). The molecule has 6 heteroatoms. The number of fused-ring (bicyclic) bond motifs is 1. The zero-order valence-corrected chi connectivity index (χ0v) is 11.2. The molecule has 0 atom stereocenters. The maximum absolute atomic E-state index is 13.9. The van der Waals surface area contributed by atoms with Gasteiger partial charge in [0.2, 0.25) is 0 Å². The van der Waals surface area contributed by atoms with Crippen LogP contribution in [0.3, 0.4) is 0 Å². The summed E-state index contributed by atoms with van der Waals surface area (Å²) in [6, 6.07) is 3.50. The lowest BCUT2D eigenvalue weighted by Crippen LogP contribution is -2.12. The molecule has 1 aromatic carbocycles. The zero-order valence-electron chi connectivity index (χ0n) is 9.57. The summed E-state index contributed by atoms with van der Waals surface area (Å²) in [5.74, 6) is -0.197. The zero-order chi connectivity index (χ0) is 12.4. The van der Waals surface area contributed by atoms with Gasteiger partial charge in [-0.05, 0) is 42.5 Å². The van der Waals surface area contributed by atoms with Crippen LogP contribution in [-0.2, 0) is 6.42 Å². The number of nitrogens with one attached hydrogen (secondary N) is 2. The summed E-state index contributed by atoms with van der Waals surface area (Å²) in [6.07, 6.45) is 3.83. The van der Waals surface area contributed by atoms with E-state index in [1.165, 1.54) is 28.8 Å². The van der Waals surface area contributed by atoms with Crippen LogP contribution in [0.15, 0.2) is 28.6 Å². The Morgan fingerprint density at radius 3 is 3.22 bits per heavy atom. The third-order valence-corrected chi connectivity index (χ3v) is 4.42. The van der Waals surface area contributed by atoms with E-state index >= 15 is 0 Å². The first-order valence-corrected chi connectivity index (χ1v) is 7.41. The van der Waals surface area contributed by atoms with E-state index in [1.807, 2.05) is 11.4 Å². The summed E-state index contributed by atoms with van der Waals surface area (Å²) in [6.45, 7) is 0.927. The molecule has 18 heavy (non-hydrogen) atoms. The van der Waals surface area contributed by atoms with E-state index in [2.05, 4.69) is 15.0 Å². The minimum atomic E-state index is -0.197. The molecule has 0 aliphatic carbocycles. The number of hydrogen-bond donors (Lipinski definition) is 2. The highest BCUT2D eigenvalue weighted by molar-refractivity contribution is 8.00. The van der Waals surface area contributed by atoms with Crippen LogP contribution < -0.4 is 10.0 Å². The van der Waals surface area contributed by atoms with Gasteiger partial charge in [-0.15, -0.1) is 11.3 Å². The number of benzene rings is 1. The summed E-state index contributed by atoms with van der Waals surface area (Å²) >= 11 is 2.77. The number of thiazole rings is 1. The Balaban J connectivity index is 1.79. The number of hydrogen-bond acceptors (Lipinski definition) is 5. The SMILES string of the molecule is Fc1cc2c(cc1SNc1nccs1)CCCN2. The van der Waals surface area contributed by atoms with Gasteiger partial charge in [-0.25, -0.2) is 9.37 Å². The Morgan fingerprint density at radius 1 is 1.44 bits per heavy atom. The van der Waals surface area contributed by atoms with Crippen LogP contribution in [-0.4, -0.2) is 11.5 Å². The van der Waals surface area contributed by atoms with Crippen molar-refractivity contribution in [3.63, 3.8) is 0 Å². The fraction of sp³-hybridized carbons (Fsp3) is 0.250. The smallest absolute Gasteiger partial charge is 0.192 e. The largest absolute Gasteiger partial charge is 0.385 e. The molecule has 3 rings (SSSR count). The second-order valence-corrected chi connectivity index (χ2v) is 5.75. The van der Waals surface area contributed by atoms with Crippen molar-refractivity contribution in [3.8, 4) is 0 Å². The molecule has 0 spiro atoms. The topological polar surface area (TPSA) is 37.0 Å². The van der Waals surface area contributed by atoms with Gasteiger partial charge in [0.05, 0.1) is 4.90 Å². The van der Waals surface area contributed by atoms with E-state index in [-0.39, 0.29) is 5.82 Å². The molecule has 2 N–H and O–H groups in total. The van der Waals surface area contributed by atoms with E-state index in [1.54, 1.807) is 12.3 Å². The van der Waals surface area contributed by atoms with E-state index in [0.717, 1.165) is 30.2 Å². The molecule has 0 fully saturated rings. The molecule has 3 nitrogen and oxygen atoms in total. The van der Waals surface area contributed by atoms with Crippen LogP contribution in [0.4, 0.5) is 15.2 Å². The van der Waals surface area contributed by atoms with Crippen LogP contribution in [0.25, 0.3) is 0 Å². The molecule has 2 aromatic rings. The maximum atomic E-state index is 13.9. The molecular formula is C12H12FN3S2. The van der Waals surface area contributed by atoms with Crippen molar-refractivity contribution in [3.05, 3.63) is 35.1 Å². The van der Waals surface area contributed by atoms with Gasteiger partial charge in [0.25, 0.3) is 0 Å². The van der Waals surface area contributed by atoms with Crippen molar-refractivity contribution < 1.29 is 4.39 Å². The predicted molar refractivity (Wildman–Crippen MR) is 74.8 cm³/mol. The van der Waals surface area contributed by atoms with Crippen molar-refractivity contribution in [2.24, 2.45) is 0 Å². The lowest BCUT2D eigenvalue weighted by atomic mass is 10.0. The highest BCUT2D eigenvalue weighted by atomic mass is 32.2. The van der Waals surface area contributed by atoms with Crippen LogP contribution in [0, 0.1) is 5.82 Å². The van der Waals surface area contributed by atoms with Gasteiger partial charge in [-0.3, -0.25) is 0 Å². The minimum absolute atomic E-state index is 0.197. The van der Waals surface area contributed by atoms with Gasteiger partial charge in [0.15, 0.2) is 5.13 Å². The summed E-state index contributed by atoms with van der Waals surface area (Å²) in [5.41, 5.74) is 2.11. The summed E-state index contributed by atoms with van der Waals surface area (Å²) in [7, 11) is 0. The van der Waals surface area contributed by atoms with Gasteiger partial charge in [0, 0.05) is 23.8 Å². The molecule has 1 aliphatic rings. The normalized spacial score (nSPS) is 13.8. The fourth-order valence-corrected chi connectivity index (χ4v) is 3.22. The maximum Gasteiger partial charge on any atom is 0.192 e. The number of aromatic nitrogens is 1. The number of nitrogens with zero attached hydrogens (tertiary/aromatic N) is 1. The molecule has 1 aromatic heterocycles. The van der Waals surface area contributed by atoms with Crippen LogP contribution >= 0.6 is 23.3 Å². The van der Waals surface area contributed by atoms with Crippen molar-refractivity contribution in [2.45, 2.75) is 17.7 Å². The molecule has 0 bridgehead atoms. The number of anilines is 2. The van der Waals surface area contributed by atoms with Gasteiger partial charge < -0.3 is 10.0 Å². The van der Waals surface area contributed by atoms with Crippen LogP contribution in [0.1, 0.15) is 12.0 Å². The third kappa shape index (κ3) is 2.44. The van der Waals surface area contributed by atoms with Gasteiger partial charge in [-0.2, -0.15) is 0 Å². The number of rotatable bonds is 3. The molecule has 0 saturated heterocycles. The lowest BCUT2D eigenvalue weighted by molar-refractivity contribution is 0.600. The molecule has 1 aliphatic heterocycles. The number of halogens is 1. The molecule has 0 radical (unpaired) electrons. The summed E-state index contributed by atoms with van der Waals surface area (Å²) in [5, 5.41) is 5.89. The van der Waals surface area contributed by atoms with Crippen LogP contribution in [0.5, 0.6) is 0 Å². The predicted octanol–water partition coefficient (Wildman–Crippen LogP) is 3.76. The first-order valence-electron chi connectivity index (χ1n) is 5.71. The van der Waals surface area contributed by atoms with E-state index < -0.39 is 0 Å². The number of aryl methyl sites for hydroxylation is 1. The van der Waals surface area contributed by atoms with Gasteiger partial charge in [-0.1, -0.05) is 0 Å². The first kappa shape index (κ1) is 11.8. The Labute approximate surface area is 113 Å². The lowest BCUT2D eigenvalue weighted by Gasteiger charge is -2.19. The average molecular weight is 281 g/mol. The Morgan fingerprint density at radius 2 is 2.39 bits per heavy atom.